The Hall–Kier alpha value is -2.39. The van der Waals surface area contributed by atoms with Crippen molar-refractivity contribution in [1.82, 2.24) is 19.9 Å². The van der Waals surface area contributed by atoms with Crippen molar-refractivity contribution in [3.8, 4) is 0 Å². The van der Waals surface area contributed by atoms with Crippen molar-refractivity contribution in [2.45, 2.75) is 47.8 Å². The van der Waals surface area contributed by atoms with Crippen molar-refractivity contribution >= 4 is 35.0 Å². The molecule has 2 aliphatic heterocycles. The Labute approximate surface area is 202 Å². The SMILES string of the molecule is Nc1nccc(Sc2cnc3c(n2)CC(N2CCC4(CC2)Cc2ccccc2[C@H]4N)N3)c1Cl. The van der Waals surface area contributed by atoms with Crippen LogP contribution in [0.15, 0.2) is 52.6 Å². The molecule has 0 radical (unpaired) electrons. The first-order valence-electron chi connectivity index (χ1n) is 11.3. The molecule has 3 aromatic rings. The fourth-order valence-electron chi connectivity index (χ4n) is 5.55. The van der Waals surface area contributed by atoms with Crippen LogP contribution in [-0.2, 0) is 12.8 Å². The highest BCUT2D eigenvalue weighted by atomic mass is 35.5. The summed E-state index contributed by atoms with van der Waals surface area (Å²) in [6, 6.07) is 10.7. The number of rotatable bonds is 3. The van der Waals surface area contributed by atoms with Gasteiger partial charge in [-0.1, -0.05) is 47.6 Å². The number of nitrogens with zero attached hydrogens (tertiary/aromatic N) is 4. The summed E-state index contributed by atoms with van der Waals surface area (Å²) in [5.74, 6) is 1.19. The van der Waals surface area contributed by atoms with E-state index in [1.54, 1.807) is 12.4 Å². The van der Waals surface area contributed by atoms with Crippen LogP contribution in [0.4, 0.5) is 11.6 Å². The van der Waals surface area contributed by atoms with E-state index in [0.29, 0.717) is 10.8 Å². The molecule has 1 unspecified atom stereocenters. The van der Waals surface area contributed by atoms with Crippen LogP contribution in [0.2, 0.25) is 5.02 Å². The molecule has 33 heavy (non-hydrogen) atoms. The minimum atomic E-state index is 0.140. The van der Waals surface area contributed by atoms with E-state index in [1.165, 1.54) is 22.9 Å². The number of likely N-dealkylation sites (tertiary alicyclic amines) is 1. The van der Waals surface area contributed by atoms with E-state index in [9.17, 15) is 0 Å². The minimum absolute atomic E-state index is 0.140. The molecule has 170 valence electrons. The van der Waals surface area contributed by atoms with Gasteiger partial charge in [0.05, 0.1) is 23.1 Å². The molecule has 0 saturated carbocycles. The maximum absolute atomic E-state index is 6.75. The lowest BCUT2D eigenvalue weighted by Crippen LogP contribution is -2.49. The molecule has 3 aliphatic rings. The minimum Gasteiger partial charge on any atom is -0.382 e. The summed E-state index contributed by atoms with van der Waals surface area (Å²) in [5, 5.41) is 4.83. The zero-order valence-corrected chi connectivity index (χ0v) is 19.7. The number of halogens is 1. The van der Waals surface area contributed by atoms with Gasteiger partial charge in [-0.2, -0.15) is 0 Å². The van der Waals surface area contributed by atoms with Crippen LogP contribution >= 0.6 is 23.4 Å². The van der Waals surface area contributed by atoms with Gasteiger partial charge >= 0.3 is 0 Å². The highest BCUT2D eigenvalue weighted by Gasteiger charge is 2.46. The number of nitrogen functional groups attached to an aromatic ring is 1. The Balaban J connectivity index is 1.12. The summed E-state index contributed by atoms with van der Waals surface area (Å²) >= 11 is 7.75. The molecule has 1 aliphatic carbocycles. The topological polar surface area (TPSA) is 106 Å². The molecule has 0 amide bonds. The second-order valence-corrected chi connectivity index (χ2v) is 10.7. The maximum atomic E-state index is 6.75. The molecule has 1 aromatic carbocycles. The molecule has 5 N–H and O–H groups in total. The third-order valence-corrected chi connectivity index (χ3v) is 8.91. The first-order chi connectivity index (χ1) is 16.0. The second kappa shape index (κ2) is 8.13. The van der Waals surface area contributed by atoms with Crippen molar-refractivity contribution in [3.05, 3.63) is 64.6 Å². The summed E-state index contributed by atoms with van der Waals surface area (Å²) in [6.45, 7) is 2.06. The number of fused-ring (bicyclic) bond motifs is 2. The third kappa shape index (κ3) is 3.65. The zero-order valence-electron chi connectivity index (χ0n) is 18.2. The number of pyridine rings is 1. The van der Waals surface area contributed by atoms with E-state index < -0.39 is 0 Å². The van der Waals surface area contributed by atoms with Gasteiger partial charge in [-0.15, -0.1) is 0 Å². The van der Waals surface area contributed by atoms with Gasteiger partial charge in [-0.05, 0) is 41.9 Å². The Morgan fingerprint density at radius 2 is 1.97 bits per heavy atom. The van der Waals surface area contributed by atoms with Gasteiger partial charge < -0.3 is 16.8 Å². The summed E-state index contributed by atoms with van der Waals surface area (Å²) in [5.41, 5.74) is 16.5. The van der Waals surface area contributed by atoms with Crippen molar-refractivity contribution in [3.63, 3.8) is 0 Å². The van der Waals surface area contributed by atoms with Gasteiger partial charge in [-0.25, -0.2) is 15.0 Å². The number of anilines is 2. The van der Waals surface area contributed by atoms with Crippen LogP contribution in [-0.4, -0.2) is 39.1 Å². The summed E-state index contributed by atoms with van der Waals surface area (Å²) in [7, 11) is 0. The Morgan fingerprint density at radius 3 is 2.79 bits per heavy atom. The molecule has 7 nitrogen and oxygen atoms in total. The number of nitrogens with two attached hydrogens (primary N) is 2. The number of hydrogen-bond acceptors (Lipinski definition) is 8. The first kappa shape index (κ1) is 21.2. The largest absolute Gasteiger partial charge is 0.382 e. The van der Waals surface area contributed by atoms with E-state index in [2.05, 4.69) is 44.5 Å². The monoisotopic (exact) mass is 479 g/mol. The number of benzene rings is 1. The fourth-order valence-corrected chi connectivity index (χ4v) is 6.59. The van der Waals surface area contributed by atoms with E-state index in [-0.39, 0.29) is 17.6 Å². The summed E-state index contributed by atoms with van der Waals surface area (Å²) in [6.07, 6.45) is 7.82. The molecule has 2 atom stereocenters. The summed E-state index contributed by atoms with van der Waals surface area (Å²) < 4.78 is 0. The number of hydrogen-bond donors (Lipinski definition) is 3. The summed E-state index contributed by atoms with van der Waals surface area (Å²) in [4.78, 5) is 16.8. The first-order valence-corrected chi connectivity index (χ1v) is 12.5. The van der Waals surface area contributed by atoms with Crippen molar-refractivity contribution in [1.29, 1.82) is 0 Å². The van der Waals surface area contributed by atoms with E-state index >= 15 is 0 Å². The molecular weight excluding hydrogens is 454 g/mol. The van der Waals surface area contributed by atoms with Crippen molar-refractivity contribution in [2.24, 2.45) is 11.1 Å². The third-order valence-electron chi connectivity index (χ3n) is 7.43. The fraction of sp³-hybridized carbons (Fsp3) is 0.375. The Bertz CT molecular complexity index is 1210. The predicted octanol–water partition coefficient (Wildman–Crippen LogP) is 3.89. The number of piperidine rings is 1. The highest BCUT2D eigenvalue weighted by molar-refractivity contribution is 7.99. The average molecular weight is 480 g/mol. The standard InChI is InChI=1S/C24H26ClN7S/c25-20-17(5-8-28-22(20)27)33-19-13-29-23-16(30-19)11-18(31-23)32-9-6-24(7-10-32)12-14-3-1-2-4-15(14)21(24)26/h1-5,8,13,18,21H,6-7,9-12,26H2,(H2,27,28)(H,29,31)/t18?,21-/m1/s1. The van der Waals surface area contributed by atoms with Crippen molar-refractivity contribution in [2.75, 3.05) is 24.1 Å². The molecule has 4 heterocycles. The van der Waals surface area contributed by atoms with Crippen LogP contribution in [0.3, 0.4) is 0 Å². The number of aromatic nitrogens is 3. The van der Waals surface area contributed by atoms with Crippen LogP contribution in [0, 0.1) is 5.41 Å². The lowest BCUT2D eigenvalue weighted by atomic mass is 9.73. The molecule has 0 bridgehead atoms. The molecule has 2 aromatic heterocycles. The van der Waals surface area contributed by atoms with E-state index in [1.807, 2.05) is 6.07 Å². The van der Waals surface area contributed by atoms with Crippen LogP contribution < -0.4 is 16.8 Å². The smallest absolute Gasteiger partial charge is 0.149 e. The zero-order chi connectivity index (χ0) is 22.6. The van der Waals surface area contributed by atoms with Gasteiger partial charge in [0.1, 0.15) is 16.7 Å². The molecule has 6 rings (SSSR count). The lowest BCUT2D eigenvalue weighted by molar-refractivity contribution is 0.0702. The van der Waals surface area contributed by atoms with Gasteiger partial charge in [0.25, 0.3) is 0 Å². The predicted molar refractivity (Wildman–Crippen MR) is 131 cm³/mol. The molecule has 9 heteroatoms. The maximum Gasteiger partial charge on any atom is 0.149 e. The molecule has 1 saturated heterocycles. The van der Waals surface area contributed by atoms with Gasteiger partial charge in [0, 0.05) is 36.6 Å². The van der Waals surface area contributed by atoms with Gasteiger partial charge in [0.15, 0.2) is 0 Å². The Morgan fingerprint density at radius 1 is 1.15 bits per heavy atom. The Kier molecular flexibility index (Phi) is 5.21. The highest BCUT2D eigenvalue weighted by Crippen LogP contribution is 2.51. The van der Waals surface area contributed by atoms with Gasteiger partial charge in [-0.3, -0.25) is 4.90 Å². The van der Waals surface area contributed by atoms with E-state index in [4.69, 9.17) is 28.1 Å². The number of nitrogens with one attached hydrogen (secondary N) is 1. The lowest BCUT2D eigenvalue weighted by Gasteiger charge is -2.44. The molecule has 1 spiro atoms. The second-order valence-electron chi connectivity index (χ2n) is 9.23. The normalized spacial score (nSPS) is 23.3. The molecule has 1 fully saturated rings. The average Bonchev–Trinajstić information content (AvgIpc) is 3.37. The molecular formula is C24H26ClN7S. The van der Waals surface area contributed by atoms with Crippen molar-refractivity contribution < 1.29 is 0 Å². The van der Waals surface area contributed by atoms with Gasteiger partial charge in [0.2, 0.25) is 0 Å². The van der Waals surface area contributed by atoms with Crippen LogP contribution in [0.25, 0.3) is 0 Å². The van der Waals surface area contributed by atoms with Crippen LogP contribution in [0.1, 0.15) is 35.7 Å². The van der Waals surface area contributed by atoms with E-state index in [0.717, 1.165) is 60.2 Å². The quantitative estimate of drug-likeness (QED) is 0.519. The van der Waals surface area contributed by atoms with Crippen LogP contribution in [0.5, 0.6) is 0 Å².